The van der Waals surface area contributed by atoms with E-state index >= 15 is 0 Å². The molecule has 2 aromatic rings. The molecule has 0 spiro atoms. The zero-order valence-electron chi connectivity index (χ0n) is 12.0. The van der Waals surface area contributed by atoms with E-state index in [-0.39, 0.29) is 0 Å². The summed E-state index contributed by atoms with van der Waals surface area (Å²) in [5.74, 6) is 1.82. The van der Waals surface area contributed by atoms with Crippen molar-refractivity contribution >= 4 is 11.6 Å². The first-order valence-electron chi connectivity index (χ1n) is 6.97. The Morgan fingerprint density at radius 2 is 2.25 bits per heavy atom. The molecule has 7 heteroatoms. The lowest BCUT2D eigenvalue weighted by Crippen LogP contribution is -2.17. The molecule has 0 aliphatic rings. The van der Waals surface area contributed by atoms with Gasteiger partial charge in [-0.2, -0.15) is 5.10 Å². The van der Waals surface area contributed by atoms with E-state index in [0.717, 1.165) is 49.6 Å². The smallest absolute Gasteiger partial charge is 0.151 e. The van der Waals surface area contributed by atoms with Crippen molar-refractivity contribution in [3.05, 3.63) is 28.8 Å². The second-order valence-corrected chi connectivity index (χ2v) is 5.18. The molecule has 0 fully saturated rings. The van der Waals surface area contributed by atoms with Crippen molar-refractivity contribution in [3.8, 4) is 0 Å². The molecule has 0 saturated heterocycles. The molecule has 2 heterocycles. The average Bonchev–Trinajstić information content (AvgIpc) is 2.99. The summed E-state index contributed by atoms with van der Waals surface area (Å²) in [6.45, 7) is 3.66. The van der Waals surface area contributed by atoms with Gasteiger partial charge in [0.25, 0.3) is 0 Å². The molecule has 2 aromatic heterocycles. The van der Waals surface area contributed by atoms with Gasteiger partial charge in [-0.05, 0) is 6.42 Å². The van der Waals surface area contributed by atoms with E-state index in [1.807, 2.05) is 7.05 Å². The van der Waals surface area contributed by atoms with Crippen molar-refractivity contribution in [2.75, 3.05) is 6.54 Å². The highest BCUT2D eigenvalue weighted by atomic mass is 35.5. The molecule has 0 radical (unpaired) electrons. The number of halogens is 1. The molecule has 0 aliphatic carbocycles. The van der Waals surface area contributed by atoms with Gasteiger partial charge in [0.15, 0.2) is 11.0 Å². The van der Waals surface area contributed by atoms with Crippen molar-refractivity contribution in [2.24, 2.45) is 7.05 Å². The Labute approximate surface area is 124 Å². The second kappa shape index (κ2) is 7.40. The van der Waals surface area contributed by atoms with E-state index in [1.54, 1.807) is 11.0 Å². The third kappa shape index (κ3) is 4.31. The van der Waals surface area contributed by atoms with Crippen LogP contribution < -0.4 is 5.32 Å². The zero-order valence-corrected chi connectivity index (χ0v) is 12.7. The van der Waals surface area contributed by atoms with Crippen LogP contribution in [0.5, 0.6) is 0 Å². The fourth-order valence-corrected chi connectivity index (χ4v) is 2.15. The molecule has 2 N–H and O–H groups in total. The maximum atomic E-state index is 6.11. The van der Waals surface area contributed by atoms with Crippen molar-refractivity contribution in [1.29, 1.82) is 0 Å². The van der Waals surface area contributed by atoms with Crippen molar-refractivity contribution < 1.29 is 0 Å². The summed E-state index contributed by atoms with van der Waals surface area (Å²) in [5, 5.41) is 8.12. The van der Waals surface area contributed by atoms with Gasteiger partial charge < -0.3 is 10.3 Å². The SMILES string of the molecule is CCCCc1nc(Cl)c(CNCCc2ncn(C)n2)[nH]1. The van der Waals surface area contributed by atoms with Crippen LogP contribution in [0.1, 0.15) is 37.1 Å². The molecular formula is C13H21ClN6. The monoisotopic (exact) mass is 296 g/mol. The summed E-state index contributed by atoms with van der Waals surface area (Å²) in [5.41, 5.74) is 0.951. The lowest BCUT2D eigenvalue weighted by atomic mass is 10.2. The first kappa shape index (κ1) is 15.0. The highest BCUT2D eigenvalue weighted by molar-refractivity contribution is 6.30. The predicted molar refractivity (Wildman–Crippen MR) is 78.6 cm³/mol. The maximum Gasteiger partial charge on any atom is 0.151 e. The third-order valence-electron chi connectivity index (χ3n) is 3.02. The van der Waals surface area contributed by atoms with Crippen molar-refractivity contribution in [1.82, 2.24) is 30.0 Å². The van der Waals surface area contributed by atoms with E-state index in [0.29, 0.717) is 11.7 Å². The van der Waals surface area contributed by atoms with Crippen LogP contribution in [0.4, 0.5) is 0 Å². The minimum Gasteiger partial charge on any atom is -0.344 e. The van der Waals surface area contributed by atoms with Gasteiger partial charge in [0, 0.05) is 33.0 Å². The van der Waals surface area contributed by atoms with Crippen LogP contribution in [-0.2, 0) is 26.4 Å². The fraction of sp³-hybridized carbons (Fsp3) is 0.615. The largest absolute Gasteiger partial charge is 0.344 e. The van der Waals surface area contributed by atoms with Crippen LogP contribution in [0.3, 0.4) is 0 Å². The van der Waals surface area contributed by atoms with Gasteiger partial charge in [-0.25, -0.2) is 9.97 Å². The normalized spacial score (nSPS) is 11.2. The first-order chi connectivity index (χ1) is 9.69. The van der Waals surface area contributed by atoms with E-state index in [1.165, 1.54) is 0 Å². The molecule has 0 saturated carbocycles. The quantitative estimate of drug-likeness (QED) is 0.730. The number of aromatic nitrogens is 5. The summed E-state index contributed by atoms with van der Waals surface area (Å²) < 4.78 is 1.71. The lowest BCUT2D eigenvalue weighted by molar-refractivity contribution is 0.652. The minimum absolute atomic E-state index is 0.569. The van der Waals surface area contributed by atoms with Gasteiger partial charge in [0.05, 0.1) is 5.69 Å². The Balaban J connectivity index is 1.74. The number of imidazole rings is 1. The number of nitrogens with one attached hydrogen (secondary N) is 2. The van der Waals surface area contributed by atoms with Crippen LogP contribution in [0, 0.1) is 0 Å². The molecule has 0 aliphatic heterocycles. The van der Waals surface area contributed by atoms with Gasteiger partial charge in [-0.15, -0.1) is 0 Å². The number of hydrogen-bond acceptors (Lipinski definition) is 4. The molecule has 0 unspecified atom stereocenters. The number of rotatable bonds is 8. The highest BCUT2D eigenvalue weighted by Gasteiger charge is 2.07. The molecule has 0 bridgehead atoms. The highest BCUT2D eigenvalue weighted by Crippen LogP contribution is 2.13. The Bertz CT molecular complexity index is 533. The van der Waals surface area contributed by atoms with Gasteiger partial charge in [0.1, 0.15) is 12.2 Å². The molecule has 2 rings (SSSR count). The van der Waals surface area contributed by atoms with Crippen LogP contribution in [0.2, 0.25) is 5.15 Å². The number of H-pyrrole nitrogens is 1. The van der Waals surface area contributed by atoms with Crippen LogP contribution in [-0.4, -0.2) is 31.3 Å². The Kier molecular flexibility index (Phi) is 5.55. The van der Waals surface area contributed by atoms with Crippen molar-refractivity contribution in [3.63, 3.8) is 0 Å². The summed E-state index contributed by atoms with van der Waals surface area (Å²) >= 11 is 6.11. The molecule has 0 aromatic carbocycles. The summed E-state index contributed by atoms with van der Waals surface area (Å²) in [6, 6.07) is 0. The first-order valence-corrected chi connectivity index (χ1v) is 7.35. The van der Waals surface area contributed by atoms with Gasteiger partial charge in [0.2, 0.25) is 0 Å². The average molecular weight is 297 g/mol. The van der Waals surface area contributed by atoms with Gasteiger partial charge in [-0.3, -0.25) is 4.68 Å². The van der Waals surface area contributed by atoms with E-state index < -0.39 is 0 Å². The number of nitrogens with zero attached hydrogens (tertiary/aromatic N) is 4. The molecule has 6 nitrogen and oxygen atoms in total. The zero-order chi connectivity index (χ0) is 14.4. The Morgan fingerprint density at radius 3 is 2.95 bits per heavy atom. The summed E-state index contributed by atoms with van der Waals surface area (Å²) in [7, 11) is 1.87. The number of aromatic amines is 1. The van der Waals surface area contributed by atoms with Crippen LogP contribution in [0.25, 0.3) is 0 Å². The Hall–Kier alpha value is -1.40. The number of hydrogen-bond donors (Lipinski definition) is 2. The molecule has 0 amide bonds. The van der Waals surface area contributed by atoms with Crippen LogP contribution >= 0.6 is 11.6 Å². The topological polar surface area (TPSA) is 71.4 Å². The minimum atomic E-state index is 0.569. The Morgan fingerprint density at radius 1 is 1.40 bits per heavy atom. The van der Waals surface area contributed by atoms with Gasteiger partial charge >= 0.3 is 0 Å². The number of aryl methyl sites for hydroxylation is 2. The third-order valence-corrected chi connectivity index (χ3v) is 3.33. The fourth-order valence-electron chi connectivity index (χ4n) is 1.93. The van der Waals surface area contributed by atoms with Crippen molar-refractivity contribution in [2.45, 2.75) is 39.2 Å². The van der Waals surface area contributed by atoms with E-state index in [4.69, 9.17) is 11.6 Å². The van der Waals surface area contributed by atoms with Crippen LogP contribution in [0.15, 0.2) is 6.33 Å². The van der Waals surface area contributed by atoms with E-state index in [9.17, 15) is 0 Å². The standard InChI is InChI=1S/C13H21ClN6/c1-3-4-5-12-17-10(13(14)18-12)8-15-7-6-11-16-9-20(2)19-11/h9,15H,3-8H2,1-2H3,(H,17,18). The van der Waals surface area contributed by atoms with E-state index in [2.05, 4.69) is 32.3 Å². The molecular weight excluding hydrogens is 276 g/mol. The molecule has 110 valence electrons. The summed E-state index contributed by atoms with van der Waals surface area (Å²) in [4.78, 5) is 11.8. The number of unbranched alkanes of at least 4 members (excludes halogenated alkanes) is 1. The van der Waals surface area contributed by atoms with Gasteiger partial charge in [-0.1, -0.05) is 24.9 Å². The summed E-state index contributed by atoms with van der Waals surface area (Å²) in [6.07, 6.45) is 5.75. The lowest BCUT2D eigenvalue weighted by Gasteiger charge is -2.01. The maximum absolute atomic E-state index is 6.11. The predicted octanol–water partition coefficient (Wildman–Crippen LogP) is 1.87. The second-order valence-electron chi connectivity index (χ2n) is 4.82. The molecule has 20 heavy (non-hydrogen) atoms. The molecule has 0 atom stereocenters.